The van der Waals surface area contributed by atoms with Crippen LogP contribution in [0.3, 0.4) is 0 Å². The molecule has 116 valence electrons. The molecule has 1 aliphatic rings. The van der Waals surface area contributed by atoms with Crippen molar-refractivity contribution in [1.29, 1.82) is 5.26 Å². The van der Waals surface area contributed by atoms with Crippen LogP contribution in [0, 0.1) is 11.3 Å². The Morgan fingerprint density at radius 2 is 2.41 bits per heavy atom. The Labute approximate surface area is 137 Å². The SMILES string of the molecule is CSc1nc(C2SCC(=O)N2CCNC(C)=O)ccc1C#N. The van der Waals surface area contributed by atoms with Crippen molar-refractivity contribution in [1.82, 2.24) is 15.2 Å². The number of nitriles is 1. The van der Waals surface area contributed by atoms with Crippen molar-refractivity contribution in [3.05, 3.63) is 23.4 Å². The predicted molar refractivity (Wildman–Crippen MR) is 86.3 cm³/mol. The Balaban J connectivity index is 2.17. The standard InChI is InChI=1S/C14H16N4O2S2/c1-9(19)16-5-6-18-12(20)8-22-14(18)11-4-3-10(7-15)13(17-11)21-2/h3-4,14H,5-6,8H2,1-2H3,(H,16,19). The summed E-state index contributed by atoms with van der Waals surface area (Å²) in [6, 6.07) is 5.64. The van der Waals surface area contributed by atoms with E-state index in [4.69, 9.17) is 5.26 Å². The summed E-state index contributed by atoms with van der Waals surface area (Å²) in [6.07, 6.45) is 1.87. The van der Waals surface area contributed by atoms with Gasteiger partial charge in [-0.1, -0.05) is 0 Å². The van der Waals surface area contributed by atoms with E-state index >= 15 is 0 Å². The van der Waals surface area contributed by atoms with Crippen molar-refractivity contribution in [2.24, 2.45) is 0 Å². The first kappa shape index (κ1) is 16.6. The summed E-state index contributed by atoms with van der Waals surface area (Å²) in [4.78, 5) is 29.2. The van der Waals surface area contributed by atoms with E-state index in [2.05, 4.69) is 16.4 Å². The lowest BCUT2D eigenvalue weighted by atomic mass is 10.2. The highest BCUT2D eigenvalue weighted by Crippen LogP contribution is 2.38. The first-order valence-corrected chi connectivity index (χ1v) is 8.94. The molecule has 22 heavy (non-hydrogen) atoms. The van der Waals surface area contributed by atoms with Gasteiger partial charge >= 0.3 is 0 Å². The van der Waals surface area contributed by atoms with Crippen LogP contribution in [-0.2, 0) is 9.59 Å². The predicted octanol–water partition coefficient (Wildman–Crippen LogP) is 1.39. The normalized spacial score (nSPS) is 17.4. The lowest BCUT2D eigenvalue weighted by Crippen LogP contribution is -2.36. The number of carbonyl (C=O) groups is 2. The van der Waals surface area contributed by atoms with E-state index in [0.717, 1.165) is 5.69 Å². The van der Waals surface area contributed by atoms with Gasteiger partial charge in [0, 0.05) is 20.0 Å². The number of amides is 2. The maximum absolute atomic E-state index is 12.0. The lowest BCUT2D eigenvalue weighted by Gasteiger charge is -2.23. The zero-order valence-electron chi connectivity index (χ0n) is 12.3. The van der Waals surface area contributed by atoms with E-state index in [9.17, 15) is 9.59 Å². The van der Waals surface area contributed by atoms with E-state index in [1.54, 1.807) is 17.0 Å². The molecule has 0 radical (unpaired) electrons. The Kier molecular flexibility index (Phi) is 5.69. The molecule has 1 N–H and O–H groups in total. The van der Waals surface area contributed by atoms with Crippen LogP contribution >= 0.6 is 23.5 Å². The fourth-order valence-electron chi connectivity index (χ4n) is 2.13. The molecule has 1 aliphatic heterocycles. The van der Waals surface area contributed by atoms with Crippen LogP contribution in [0.15, 0.2) is 17.2 Å². The Bertz CT molecular complexity index is 630. The molecular formula is C14H16N4O2S2. The highest BCUT2D eigenvalue weighted by molar-refractivity contribution is 8.00. The molecule has 1 fully saturated rings. The van der Waals surface area contributed by atoms with E-state index in [0.29, 0.717) is 29.4 Å². The molecule has 1 aromatic heterocycles. The van der Waals surface area contributed by atoms with Gasteiger partial charge in [-0.3, -0.25) is 9.59 Å². The topological polar surface area (TPSA) is 86.1 Å². The molecule has 2 amide bonds. The second-order valence-electron chi connectivity index (χ2n) is 4.64. The van der Waals surface area contributed by atoms with Crippen LogP contribution in [0.4, 0.5) is 0 Å². The maximum Gasteiger partial charge on any atom is 0.233 e. The van der Waals surface area contributed by atoms with Crippen LogP contribution in [0.25, 0.3) is 0 Å². The Hall–Kier alpha value is -1.72. The average molecular weight is 336 g/mol. The minimum Gasteiger partial charge on any atom is -0.355 e. The van der Waals surface area contributed by atoms with E-state index in [1.807, 2.05) is 6.26 Å². The zero-order chi connectivity index (χ0) is 16.1. The zero-order valence-corrected chi connectivity index (χ0v) is 14.0. The highest BCUT2D eigenvalue weighted by atomic mass is 32.2. The number of nitrogens with zero attached hydrogens (tertiary/aromatic N) is 3. The number of pyridine rings is 1. The second kappa shape index (κ2) is 7.51. The van der Waals surface area contributed by atoms with Crippen molar-refractivity contribution >= 4 is 35.3 Å². The molecule has 0 aliphatic carbocycles. The number of hydrogen-bond donors (Lipinski definition) is 1. The minimum absolute atomic E-state index is 0.0391. The first-order valence-electron chi connectivity index (χ1n) is 6.67. The van der Waals surface area contributed by atoms with Gasteiger partial charge in [0.1, 0.15) is 16.5 Å². The molecule has 0 spiro atoms. The third-order valence-electron chi connectivity index (χ3n) is 3.14. The molecule has 1 unspecified atom stereocenters. The summed E-state index contributed by atoms with van der Waals surface area (Å²) in [6.45, 7) is 2.32. The summed E-state index contributed by atoms with van der Waals surface area (Å²) in [5.41, 5.74) is 1.30. The molecular weight excluding hydrogens is 320 g/mol. The monoisotopic (exact) mass is 336 g/mol. The van der Waals surface area contributed by atoms with Gasteiger partial charge in [-0.2, -0.15) is 5.26 Å². The molecule has 2 rings (SSSR count). The summed E-state index contributed by atoms with van der Waals surface area (Å²) < 4.78 is 0. The van der Waals surface area contributed by atoms with Crippen molar-refractivity contribution < 1.29 is 9.59 Å². The maximum atomic E-state index is 12.0. The van der Waals surface area contributed by atoms with Gasteiger partial charge in [0.25, 0.3) is 0 Å². The largest absolute Gasteiger partial charge is 0.355 e. The fourth-order valence-corrected chi connectivity index (χ4v) is 3.83. The number of thioether (sulfide) groups is 2. The second-order valence-corrected chi connectivity index (χ2v) is 6.50. The number of carbonyl (C=O) groups excluding carboxylic acids is 2. The van der Waals surface area contributed by atoms with E-state index in [1.165, 1.54) is 30.4 Å². The third-order valence-corrected chi connectivity index (χ3v) is 5.07. The highest BCUT2D eigenvalue weighted by Gasteiger charge is 2.33. The molecule has 1 atom stereocenters. The van der Waals surface area contributed by atoms with Crippen LogP contribution in [0.5, 0.6) is 0 Å². The number of hydrogen-bond acceptors (Lipinski definition) is 6. The van der Waals surface area contributed by atoms with E-state index < -0.39 is 0 Å². The molecule has 0 aromatic carbocycles. The van der Waals surface area contributed by atoms with Gasteiger partial charge in [0.2, 0.25) is 11.8 Å². The first-order chi connectivity index (χ1) is 10.6. The number of rotatable bonds is 5. The summed E-state index contributed by atoms with van der Waals surface area (Å²) in [5, 5.41) is 12.3. The Morgan fingerprint density at radius 3 is 3.05 bits per heavy atom. The molecule has 8 heteroatoms. The van der Waals surface area contributed by atoms with Gasteiger partial charge in [0.05, 0.1) is 17.0 Å². The summed E-state index contributed by atoms with van der Waals surface area (Å²) >= 11 is 2.93. The number of nitrogens with one attached hydrogen (secondary N) is 1. The van der Waals surface area contributed by atoms with Crippen molar-refractivity contribution in [2.45, 2.75) is 17.3 Å². The van der Waals surface area contributed by atoms with Gasteiger partial charge in [-0.25, -0.2) is 4.98 Å². The molecule has 1 aromatic rings. The van der Waals surface area contributed by atoms with Crippen molar-refractivity contribution in [3.8, 4) is 6.07 Å². The van der Waals surface area contributed by atoms with Gasteiger partial charge in [-0.15, -0.1) is 23.5 Å². The van der Waals surface area contributed by atoms with E-state index in [-0.39, 0.29) is 17.2 Å². The smallest absolute Gasteiger partial charge is 0.233 e. The minimum atomic E-state index is -0.167. The fraction of sp³-hybridized carbons (Fsp3) is 0.429. The lowest BCUT2D eigenvalue weighted by molar-refractivity contribution is -0.128. The van der Waals surface area contributed by atoms with Gasteiger partial charge in [0.15, 0.2) is 0 Å². The van der Waals surface area contributed by atoms with Crippen LogP contribution in [-0.4, -0.2) is 46.8 Å². The summed E-state index contributed by atoms with van der Waals surface area (Å²) in [7, 11) is 0. The van der Waals surface area contributed by atoms with Gasteiger partial charge < -0.3 is 10.2 Å². The summed E-state index contributed by atoms with van der Waals surface area (Å²) in [5.74, 6) is 0.329. The molecule has 1 saturated heterocycles. The Morgan fingerprint density at radius 1 is 1.64 bits per heavy atom. The molecule has 2 heterocycles. The average Bonchev–Trinajstić information content (AvgIpc) is 2.87. The van der Waals surface area contributed by atoms with Gasteiger partial charge in [-0.05, 0) is 18.4 Å². The van der Waals surface area contributed by atoms with Crippen molar-refractivity contribution in [3.63, 3.8) is 0 Å². The number of aromatic nitrogens is 1. The quantitative estimate of drug-likeness (QED) is 0.818. The van der Waals surface area contributed by atoms with Crippen LogP contribution in [0.2, 0.25) is 0 Å². The van der Waals surface area contributed by atoms with Crippen molar-refractivity contribution in [2.75, 3.05) is 25.1 Å². The molecule has 0 bridgehead atoms. The van der Waals surface area contributed by atoms with Crippen LogP contribution in [0.1, 0.15) is 23.6 Å². The third kappa shape index (κ3) is 3.72. The molecule has 6 nitrogen and oxygen atoms in total. The van der Waals surface area contributed by atoms with Crippen LogP contribution < -0.4 is 5.32 Å². The molecule has 0 saturated carbocycles.